The highest BCUT2D eigenvalue weighted by molar-refractivity contribution is 6.14. The van der Waals surface area contributed by atoms with Crippen molar-refractivity contribution in [2.24, 2.45) is 5.41 Å². The van der Waals surface area contributed by atoms with Crippen LogP contribution in [0.3, 0.4) is 0 Å². The van der Waals surface area contributed by atoms with Gasteiger partial charge in [-0.2, -0.15) is 0 Å². The first-order chi connectivity index (χ1) is 13.2. The fourth-order valence-corrected chi connectivity index (χ4v) is 5.48. The molecule has 0 bridgehead atoms. The van der Waals surface area contributed by atoms with E-state index in [4.69, 9.17) is 4.74 Å². The number of carbonyl (C=O) groups excluding carboxylic acids is 2. The molecule has 2 aromatic carbocycles. The van der Waals surface area contributed by atoms with Gasteiger partial charge in [0.25, 0.3) is 0 Å². The van der Waals surface area contributed by atoms with Crippen LogP contribution in [-0.4, -0.2) is 17.5 Å². The molecule has 3 aliphatic rings. The summed E-state index contributed by atoms with van der Waals surface area (Å²) in [6.45, 7) is 0. The molecular weight excluding hydrogens is 338 g/mol. The SMILES string of the molecule is O=C1Nc2ccccc2[C@H]2C3(CCCCC3)OC(=O)[C@@]12Cc1ccccc1. The first-order valence-electron chi connectivity index (χ1n) is 9.83. The molecule has 1 saturated heterocycles. The number of esters is 1. The molecule has 0 aromatic heterocycles. The molecule has 5 rings (SSSR count). The molecule has 1 amide bonds. The van der Waals surface area contributed by atoms with Crippen LogP contribution in [0.5, 0.6) is 0 Å². The molecule has 1 N–H and O–H groups in total. The van der Waals surface area contributed by atoms with Gasteiger partial charge >= 0.3 is 5.97 Å². The molecule has 0 radical (unpaired) electrons. The van der Waals surface area contributed by atoms with Crippen molar-refractivity contribution in [3.8, 4) is 0 Å². The second-order valence-corrected chi connectivity index (χ2v) is 8.12. The third-order valence-corrected chi connectivity index (χ3v) is 6.63. The van der Waals surface area contributed by atoms with Gasteiger partial charge < -0.3 is 10.1 Å². The van der Waals surface area contributed by atoms with Crippen LogP contribution < -0.4 is 5.32 Å². The molecule has 4 heteroatoms. The molecular formula is C23H23NO3. The zero-order chi connectivity index (χ0) is 18.5. The lowest BCUT2D eigenvalue weighted by Crippen LogP contribution is -2.52. The number of fused-ring (bicyclic) bond motifs is 4. The van der Waals surface area contributed by atoms with E-state index in [0.29, 0.717) is 6.42 Å². The van der Waals surface area contributed by atoms with E-state index in [0.717, 1.165) is 48.9 Å². The Hall–Kier alpha value is -2.62. The van der Waals surface area contributed by atoms with Crippen LogP contribution in [0.1, 0.15) is 49.1 Å². The molecule has 2 atom stereocenters. The minimum absolute atomic E-state index is 0.220. The largest absolute Gasteiger partial charge is 0.458 e. The van der Waals surface area contributed by atoms with E-state index in [1.165, 1.54) is 0 Å². The third kappa shape index (κ3) is 2.29. The van der Waals surface area contributed by atoms with Gasteiger partial charge in [0.15, 0.2) is 5.41 Å². The average molecular weight is 361 g/mol. The van der Waals surface area contributed by atoms with Crippen molar-refractivity contribution in [2.45, 2.75) is 50.0 Å². The normalized spacial score (nSPS) is 28.2. The number of amides is 1. The highest BCUT2D eigenvalue weighted by Crippen LogP contribution is 2.61. The Kier molecular flexibility index (Phi) is 3.64. The summed E-state index contributed by atoms with van der Waals surface area (Å²) in [7, 11) is 0. The Morgan fingerprint density at radius 3 is 2.41 bits per heavy atom. The maximum Gasteiger partial charge on any atom is 0.323 e. The van der Waals surface area contributed by atoms with Crippen molar-refractivity contribution in [3.05, 3.63) is 65.7 Å². The predicted octanol–water partition coefficient (Wildman–Crippen LogP) is 4.21. The Morgan fingerprint density at radius 1 is 0.926 bits per heavy atom. The smallest absolute Gasteiger partial charge is 0.323 e. The molecule has 138 valence electrons. The van der Waals surface area contributed by atoms with Gasteiger partial charge in [0.2, 0.25) is 5.91 Å². The van der Waals surface area contributed by atoms with E-state index in [1.807, 2.05) is 48.5 Å². The van der Waals surface area contributed by atoms with Crippen molar-refractivity contribution in [1.82, 2.24) is 0 Å². The van der Waals surface area contributed by atoms with Crippen molar-refractivity contribution < 1.29 is 14.3 Å². The number of nitrogens with one attached hydrogen (secondary N) is 1. The Balaban J connectivity index is 1.71. The van der Waals surface area contributed by atoms with Crippen LogP contribution in [0.2, 0.25) is 0 Å². The van der Waals surface area contributed by atoms with Crippen LogP contribution in [0, 0.1) is 5.41 Å². The molecule has 1 saturated carbocycles. The van der Waals surface area contributed by atoms with Crippen LogP contribution in [0.15, 0.2) is 54.6 Å². The van der Waals surface area contributed by atoms with Gasteiger partial charge in [0.1, 0.15) is 5.60 Å². The minimum atomic E-state index is -1.19. The summed E-state index contributed by atoms with van der Waals surface area (Å²) in [6, 6.07) is 17.7. The first-order valence-corrected chi connectivity index (χ1v) is 9.83. The van der Waals surface area contributed by atoms with Crippen molar-refractivity contribution in [2.75, 3.05) is 5.32 Å². The predicted molar refractivity (Wildman–Crippen MR) is 102 cm³/mol. The number of carbonyl (C=O) groups is 2. The summed E-state index contributed by atoms with van der Waals surface area (Å²) in [5.74, 6) is -0.810. The van der Waals surface area contributed by atoms with Gasteiger partial charge in [-0.3, -0.25) is 9.59 Å². The van der Waals surface area contributed by atoms with Crippen LogP contribution >= 0.6 is 0 Å². The summed E-state index contributed by atoms with van der Waals surface area (Å²) < 4.78 is 6.14. The summed E-state index contributed by atoms with van der Waals surface area (Å²) in [5, 5.41) is 3.01. The van der Waals surface area contributed by atoms with Crippen LogP contribution in [0.4, 0.5) is 5.69 Å². The molecule has 2 fully saturated rings. The van der Waals surface area contributed by atoms with Gasteiger partial charge in [-0.15, -0.1) is 0 Å². The number of ether oxygens (including phenoxy) is 1. The van der Waals surface area contributed by atoms with E-state index in [-0.39, 0.29) is 17.8 Å². The molecule has 2 aromatic rings. The lowest BCUT2D eigenvalue weighted by Gasteiger charge is -2.43. The number of benzene rings is 2. The topological polar surface area (TPSA) is 55.4 Å². The highest BCUT2D eigenvalue weighted by atomic mass is 16.6. The number of para-hydroxylation sites is 1. The Labute approximate surface area is 158 Å². The van der Waals surface area contributed by atoms with Crippen molar-refractivity contribution >= 4 is 17.6 Å². The van der Waals surface area contributed by atoms with Gasteiger partial charge in [0.05, 0.1) is 5.92 Å². The van der Waals surface area contributed by atoms with Gasteiger partial charge in [-0.25, -0.2) is 0 Å². The summed E-state index contributed by atoms with van der Waals surface area (Å²) in [5.41, 5.74) is 1.10. The van der Waals surface area contributed by atoms with E-state index in [9.17, 15) is 9.59 Å². The highest BCUT2D eigenvalue weighted by Gasteiger charge is 2.70. The standard InChI is InChI=1S/C23H23NO3/c25-20-23(15-16-9-3-1-4-10-16)19(17-11-5-6-12-18(17)24-20)22(27-21(23)26)13-7-2-8-14-22/h1,3-6,9-12,19H,2,7-8,13-15H2,(H,24,25)/t19-,23+/m0/s1. The molecule has 1 spiro atoms. The summed E-state index contributed by atoms with van der Waals surface area (Å²) in [4.78, 5) is 26.7. The molecule has 0 unspecified atom stereocenters. The second-order valence-electron chi connectivity index (χ2n) is 8.12. The number of anilines is 1. The molecule has 1 aliphatic carbocycles. The first kappa shape index (κ1) is 16.5. The Morgan fingerprint density at radius 2 is 1.63 bits per heavy atom. The molecule has 27 heavy (non-hydrogen) atoms. The molecule has 2 heterocycles. The van der Waals surface area contributed by atoms with E-state index >= 15 is 0 Å². The van der Waals surface area contributed by atoms with Gasteiger partial charge in [0, 0.05) is 5.69 Å². The zero-order valence-electron chi connectivity index (χ0n) is 15.2. The van der Waals surface area contributed by atoms with Gasteiger partial charge in [-0.05, 0) is 49.3 Å². The second kappa shape index (κ2) is 5.95. The fraction of sp³-hybridized carbons (Fsp3) is 0.391. The van der Waals surface area contributed by atoms with Gasteiger partial charge in [-0.1, -0.05) is 55.0 Å². The number of rotatable bonds is 2. The average Bonchev–Trinajstić information content (AvgIpc) is 2.92. The fourth-order valence-electron chi connectivity index (χ4n) is 5.48. The lowest BCUT2D eigenvalue weighted by molar-refractivity contribution is -0.157. The molecule has 4 nitrogen and oxygen atoms in total. The van der Waals surface area contributed by atoms with Crippen LogP contribution in [0.25, 0.3) is 0 Å². The van der Waals surface area contributed by atoms with Crippen LogP contribution in [-0.2, 0) is 20.7 Å². The zero-order valence-corrected chi connectivity index (χ0v) is 15.2. The van der Waals surface area contributed by atoms with E-state index < -0.39 is 11.0 Å². The number of hydrogen-bond acceptors (Lipinski definition) is 3. The third-order valence-electron chi connectivity index (χ3n) is 6.63. The van der Waals surface area contributed by atoms with E-state index in [1.54, 1.807) is 0 Å². The van der Waals surface area contributed by atoms with Crippen molar-refractivity contribution in [1.29, 1.82) is 0 Å². The summed E-state index contributed by atoms with van der Waals surface area (Å²) in [6.07, 6.45) is 5.28. The number of hydrogen-bond donors (Lipinski definition) is 1. The molecule has 2 aliphatic heterocycles. The van der Waals surface area contributed by atoms with E-state index in [2.05, 4.69) is 11.4 Å². The monoisotopic (exact) mass is 361 g/mol. The lowest BCUT2D eigenvalue weighted by atomic mass is 9.59. The maximum absolute atomic E-state index is 13.4. The quantitative estimate of drug-likeness (QED) is 0.644. The maximum atomic E-state index is 13.4. The summed E-state index contributed by atoms with van der Waals surface area (Å²) >= 11 is 0. The van der Waals surface area contributed by atoms with Crippen molar-refractivity contribution in [3.63, 3.8) is 0 Å². The minimum Gasteiger partial charge on any atom is -0.458 e. The Bertz CT molecular complexity index is 901.